The predicted molar refractivity (Wildman–Crippen MR) is 67.7 cm³/mol. The van der Waals surface area contributed by atoms with Crippen LogP contribution < -0.4 is 4.72 Å². The van der Waals surface area contributed by atoms with Crippen molar-refractivity contribution < 1.29 is 17.9 Å². The molecule has 0 aliphatic rings. The minimum absolute atomic E-state index is 0.00194. The highest BCUT2D eigenvalue weighted by molar-refractivity contribution is 7.89. The third kappa shape index (κ3) is 4.11. The summed E-state index contributed by atoms with van der Waals surface area (Å²) in [7, 11) is -2.63. The van der Waals surface area contributed by atoms with Crippen LogP contribution in [0.1, 0.15) is 12.5 Å². The predicted octanol–water partition coefficient (Wildman–Crippen LogP) is 0.793. The lowest BCUT2D eigenvalue weighted by Gasteiger charge is -2.12. The second kappa shape index (κ2) is 6.39. The van der Waals surface area contributed by atoms with Gasteiger partial charge in [-0.25, -0.2) is 8.42 Å². The normalized spacial score (nSPS) is 12.7. The smallest absolute Gasteiger partial charge is 0.323 e. The van der Waals surface area contributed by atoms with Crippen molar-refractivity contribution in [1.29, 1.82) is 0 Å². The molecule has 0 saturated carbocycles. The zero-order chi connectivity index (χ0) is 14.5. The van der Waals surface area contributed by atoms with E-state index in [1.165, 1.54) is 38.3 Å². The number of benzene rings is 1. The maximum absolute atomic E-state index is 11.9. The van der Waals surface area contributed by atoms with Crippen molar-refractivity contribution in [3.63, 3.8) is 0 Å². The molecule has 0 amide bonds. The lowest BCUT2D eigenvalue weighted by molar-refractivity contribution is -0.142. The highest BCUT2D eigenvalue weighted by atomic mass is 32.2. The van der Waals surface area contributed by atoms with Crippen LogP contribution in [0.3, 0.4) is 0 Å². The first-order valence-electron chi connectivity index (χ1n) is 5.39. The van der Waals surface area contributed by atoms with Gasteiger partial charge in [-0.3, -0.25) is 4.79 Å². The molecule has 0 aliphatic heterocycles. The number of hydrogen-bond donors (Lipinski definition) is 1. The zero-order valence-corrected chi connectivity index (χ0v) is 11.3. The largest absolute Gasteiger partial charge is 0.468 e. The van der Waals surface area contributed by atoms with Crippen LogP contribution in [0.5, 0.6) is 0 Å². The number of sulfonamides is 1. The first-order chi connectivity index (χ1) is 8.90. The summed E-state index contributed by atoms with van der Waals surface area (Å²) in [5.74, 6) is -0.676. The van der Waals surface area contributed by atoms with Crippen LogP contribution in [-0.2, 0) is 26.1 Å². The molecule has 0 radical (unpaired) electrons. The van der Waals surface area contributed by atoms with E-state index in [1.54, 1.807) is 0 Å². The van der Waals surface area contributed by atoms with Crippen molar-refractivity contribution in [2.45, 2.75) is 24.4 Å². The van der Waals surface area contributed by atoms with Crippen LogP contribution in [0.2, 0.25) is 0 Å². The molecule has 1 N–H and O–H groups in total. The van der Waals surface area contributed by atoms with E-state index in [4.69, 9.17) is 0 Å². The van der Waals surface area contributed by atoms with Gasteiger partial charge < -0.3 is 4.74 Å². The van der Waals surface area contributed by atoms with Crippen molar-refractivity contribution in [3.8, 4) is 0 Å². The Kier molecular flexibility index (Phi) is 5.13. The SMILES string of the molecule is COC(=O)[C@@H](C)NS(=O)(=O)c1ccc(CN=O)cc1. The van der Waals surface area contributed by atoms with Gasteiger partial charge in [0.15, 0.2) is 0 Å². The molecule has 1 rings (SSSR count). The fraction of sp³-hybridized carbons (Fsp3) is 0.364. The van der Waals surface area contributed by atoms with Gasteiger partial charge >= 0.3 is 5.97 Å². The topological polar surface area (TPSA) is 102 Å². The fourth-order valence-corrected chi connectivity index (χ4v) is 2.57. The lowest BCUT2D eigenvalue weighted by Crippen LogP contribution is -2.39. The Hall–Kier alpha value is -1.80. The molecule has 19 heavy (non-hydrogen) atoms. The summed E-state index contributed by atoms with van der Waals surface area (Å²) < 4.78 is 30.5. The van der Waals surface area contributed by atoms with E-state index in [0.29, 0.717) is 5.56 Å². The summed E-state index contributed by atoms with van der Waals surface area (Å²) in [6.07, 6.45) is 0. The quantitative estimate of drug-likeness (QED) is 0.615. The molecule has 0 bridgehead atoms. The van der Waals surface area contributed by atoms with Gasteiger partial charge in [0, 0.05) is 0 Å². The average molecular weight is 286 g/mol. The van der Waals surface area contributed by atoms with Crippen LogP contribution in [-0.4, -0.2) is 27.5 Å². The number of nitrogens with one attached hydrogen (secondary N) is 1. The molecule has 7 nitrogen and oxygen atoms in total. The third-order valence-corrected chi connectivity index (χ3v) is 3.92. The van der Waals surface area contributed by atoms with Crippen LogP contribution >= 0.6 is 0 Å². The number of nitrogens with zero attached hydrogens (tertiary/aromatic N) is 1. The molecular weight excluding hydrogens is 272 g/mol. The molecule has 8 heteroatoms. The van der Waals surface area contributed by atoms with E-state index < -0.39 is 22.0 Å². The van der Waals surface area contributed by atoms with E-state index in [-0.39, 0.29) is 11.4 Å². The maximum atomic E-state index is 11.9. The first kappa shape index (κ1) is 15.3. The number of rotatable bonds is 6. The highest BCUT2D eigenvalue weighted by Crippen LogP contribution is 2.12. The molecule has 0 spiro atoms. The summed E-state index contributed by atoms with van der Waals surface area (Å²) in [6.45, 7) is 1.36. The summed E-state index contributed by atoms with van der Waals surface area (Å²) in [5.41, 5.74) is 0.606. The molecule has 1 atom stereocenters. The molecular formula is C11H14N2O5S. The van der Waals surface area contributed by atoms with Gasteiger partial charge in [0.2, 0.25) is 10.0 Å². The second-order valence-electron chi connectivity index (χ2n) is 3.80. The van der Waals surface area contributed by atoms with E-state index in [2.05, 4.69) is 14.6 Å². The van der Waals surface area contributed by atoms with Crippen LogP contribution in [0.4, 0.5) is 0 Å². The van der Waals surface area contributed by atoms with Gasteiger partial charge in [0.05, 0.1) is 12.0 Å². The van der Waals surface area contributed by atoms with Crippen LogP contribution in [0, 0.1) is 4.91 Å². The summed E-state index contributed by atoms with van der Waals surface area (Å²) >= 11 is 0. The number of esters is 1. The van der Waals surface area contributed by atoms with Gasteiger partial charge in [-0.15, -0.1) is 0 Å². The number of hydrogen-bond acceptors (Lipinski definition) is 6. The molecule has 1 aromatic rings. The summed E-state index contributed by atoms with van der Waals surface area (Å²) in [5, 5.41) is 2.70. The maximum Gasteiger partial charge on any atom is 0.323 e. The van der Waals surface area contributed by atoms with Crippen LogP contribution in [0.25, 0.3) is 0 Å². The van der Waals surface area contributed by atoms with Crippen molar-refractivity contribution in [2.24, 2.45) is 5.18 Å². The van der Waals surface area contributed by atoms with E-state index >= 15 is 0 Å². The Morgan fingerprint density at radius 1 is 1.37 bits per heavy atom. The van der Waals surface area contributed by atoms with Gasteiger partial charge in [0.25, 0.3) is 0 Å². The fourth-order valence-electron chi connectivity index (χ4n) is 1.37. The van der Waals surface area contributed by atoms with Crippen molar-refractivity contribution in [3.05, 3.63) is 34.7 Å². The molecule has 0 unspecified atom stereocenters. The number of methoxy groups -OCH3 is 1. The number of nitroso groups, excluding NO2 is 1. The minimum Gasteiger partial charge on any atom is -0.468 e. The number of carbonyl (C=O) groups is 1. The van der Waals surface area contributed by atoms with Crippen molar-refractivity contribution in [1.82, 2.24) is 4.72 Å². The van der Waals surface area contributed by atoms with Gasteiger partial charge in [-0.1, -0.05) is 17.3 Å². The van der Waals surface area contributed by atoms with Gasteiger partial charge in [0.1, 0.15) is 12.6 Å². The molecule has 0 aliphatic carbocycles. The zero-order valence-electron chi connectivity index (χ0n) is 10.5. The molecule has 0 saturated heterocycles. The molecule has 1 aromatic carbocycles. The van der Waals surface area contributed by atoms with E-state index in [9.17, 15) is 18.1 Å². The molecule has 104 valence electrons. The standard InChI is InChI=1S/C11H14N2O5S/c1-8(11(14)18-2)13-19(16,17)10-5-3-9(4-6-10)7-12-15/h3-6,8,13H,7H2,1-2H3/t8-/m1/s1. The Morgan fingerprint density at radius 3 is 2.42 bits per heavy atom. The summed E-state index contributed by atoms with van der Waals surface area (Å²) in [6, 6.07) is 4.67. The Bertz CT molecular complexity index is 553. The molecule has 0 fully saturated rings. The summed E-state index contributed by atoms with van der Waals surface area (Å²) in [4.78, 5) is 21.2. The molecule has 0 heterocycles. The monoisotopic (exact) mass is 286 g/mol. The van der Waals surface area contributed by atoms with Crippen LogP contribution in [0.15, 0.2) is 34.3 Å². The highest BCUT2D eigenvalue weighted by Gasteiger charge is 2.22. The third-order valence-electron chi connectivity index (χ3n) is 2.37. The Balaban J connectivity index is 2.88. The second-order valence-corrected chi connectivity index (χ2v) is 5.51. The minimum atomic E-state index is -3.81. The lowest BCUT2D eigenvalue weighted by atomic mass is 10.2. The Morgan fingerprint density at radius 2 is 1.95 bits per heavy atom. The van der Waals surface area contributed by atoms with Crippen molar-refractivity contribution >= 4 is 16.0 Å². The van der Waals surface area contributed by atoms with E-state index in [1.807, 2.05) is 0 Å². The average Bonchev–Trinajstić information content (AvgIpc) is 2.38. The van der Waals surface area contributed by atoms with E-state index in [0.717, 1.165) is 0 Å². The van der Waals surface area contributed by atoms with Gasteiger partial charge in [-0.2, -0.15) is 9.63 Å². The molecule has 0 aromatic heterocycles. The number of ether oxygens (including phenoxy) is 1. The van der Waals surface area contributed by atoms with Gasteiger partial charge in [-0.05, 0) is 24.6 Å². The van der Waals surface area contributed by atoms with Crippen molar-refractivity contribution in [2.75, 3.05) is 7.11 Å². The first-order valence-corrected chi connectivity index (χ1v) is 6.87. The Labute approximate surface area is 111 Å². The number of carbonyl (C=O) groups excluding carboxylic acids is 1.